The maximum atomic E-state index is 11.2. The number of carboxylic acids is 1. The van der Waals surface area contributed by atoms with Gasteiger partial charge in [-0.25, -0.2) is 4.79 Å². The predicted molar refractivity (Wildman–Crippen MR) is 73.3 cm³/mol. The quantitative estimate of drug-likeness (QED) is 0.873. The van der Waals surface area contributed by atoms with E-state index in [9.17, 15) is 4.79 Å². The first kappa shape index (κ1) is 12.7. The summed E-state index contributed by atoms with van der Waals surface area (Å²) in [6.07, 6.45) is 0. The molecule has 2 aromatic carbocycles. The van der Waals surface area contributed by atoms with Gasteiger partial charge in [-0.05, 0) is 42.7 Å². The molecule has 0 fully saturated rings. The summed E-state index contributed by atoms with van der Waals surface area (Å²) < 4.78 is 0. The van der Waals surface area contributed by atoms with Crippen molar-refractivity contribution in [3.63, 3.8) is 0 Å². The zero-order valence-electron chi connectivity index (χ0n) is 10.2. The van der Waals surface area contributed by atoms with Crippen molar-refractivity contribution in [3.05, 3.63) is 58.1 Å². The molecule has 0 aliphatic carbocycles. The Morgan fingerprint density at radius 2 is 1.72 bits per heavy atom. The minimum atomic E-state index is -0.916. The van der Waals surface area contributed by atoms with Crippen molar-refractivity contribution in [2.24, 2.45) is 0 Å². The first-order valence-electron chi connectivity index (χ1n) is 5.60. The summed E-state index contributed by atoms with van der Waals surface area (Å²) in [6, 6.07) is 11.0. The van der Waals surface area contributed by atoms with Crippen LogP contribution in [0.3, 0.4) is 0 Å². The van der Waals surface area contributed by atoms with Crippen LogP contribution in [0.5, 0.6) is 0 Å². The molecule has 0 aromatic heterocycles. The van der Waals surface area contributed by atoms with Gasteiger partial charge in [-0.15, -0.1) is 0 Å². The van der Waals surface area contributed by atoms with Crippen LogP contribution in [0.2, 0.25) is 5.02 Å². The van der Waals surface area contributed by atoms with Gasteiger partial charge >= 0.3 is 5.97 Å². The lowest BCUT2D eigenvalue weighted by Gasteiger charge is -2.11. The summed E-state index contributed by atoms with van der Waals surface area (Å²) >= 11 is 6.16. The van der Waals surface area contributed by atoms with E-state index in [1.807, 2.05) is 31.2 Å². The second kappa shape index (κ2) is 4.83. The smallest absolute Gasteiger partial charge is 0.335 e. The lowest BCUT2D eigenvalue weighted by atomic mass is 9.95. The van der Waals surface area contributed by atoms with Crippen molar-refractivity contribution in [3.8, 4) is 11.1 Å². The number of aromatic carboxylic acids is 1. The van der Waals surface area contributed by atoms with Crippen molar-refractivity contribution < 1.29 is 9.90 Å². The van der Waals surface area contributed by atoms with E-state index in [-0.39, 0.29) is 0 Å². The third-order valence-corrected chi connectivity index (χ3v) is 3.30. The van der Waals surface area contributed by atoms with Gasteiger partial charge < -0.3 is 5.11 Å². The normalized spacial score (nSPS) is 10.4. The Morgan fingerprint density at radius 1 is 1.06 bits per heavy atom. The van der Waals surface area contributed by atoms with Gasteiger partial charge in [-0.3, -0.25) is 0 Å². The monoisotopic (exact) mass is 260 g/mol. The molecule has 2 aromatic rings. The molecule has 0 spiro atoms. The molecule has 18 heavy (non-hydrogen) atoms. The zero-order valence-corrected chi connectivity index (χ0v) is 11.0. The van der Waals surface area contributed by atoms with Crippen molar-refractivity contribution in [2.75, 3.05) is 0 Å². The standard InChI is InChI=1S/C15H13ClO2/c1-9-7-10(2)13(15(17)18)8-12(9)11-5-3-4-6-14(11)16/h3-8H,1-2H3,(H,17,18). The van der Waals surface area contributed by atoms with E-state index in [0.717, 1.165) is 22.3 Å². The first-order chi connectivity index (χ1) is 8.50. The molecule has 1 N–H and O–H groups in total. The summed E-state index contributed by atoms with van der Waals surface area (Å²) in [7, 11) is 0. The van der Waals surface area contributed by atoms with Crippen LogP contribution in [0.15, 0.2) is 36.4 Å². The summed E-state index contributed by atoms with van der Waals surface area (Å²) in [5, 5.41) is 9.79. The number of halogens is 1. The molecular weight excluding hydrogens is 248 g/mol. The zero-order chi connectivity index (χ0) is 13.3. The molecule has 0 aliphatic rings. The molecule has 0 amide bonds. The van der Waals surface area contributed by atoms with E-state index in [0.29, 0.717) is 10.6 Å². The van der Waals surface area contributed by atoms with Crippen molar-refractivity contribution in [2.45, 2.75) is 13.8 Å². The highest BCUT2D eigenvalue weighted by atomic mass is 35.5. The Bertz CT molecular complexity index is 618. The number of aryl methyl sites for hydroxylation is 2. The second-order valence-electron chi connectivity index (χ2n) is 4.27. The van der Waals surface area contributed by atoms with Gasteiger partial charge in [0.05, 0.1) is 5.56 Å². The highest BCUT2D eigenvalue weighted by Crippen LogP contribution is 2.31. The minimum absolute atomic E-state index is 0.315. The fourth-order valence-electron chi connectivity index (χ4n) is 2.05. The highest BCUT2D eigenvalue weighted by molar-refractivity contribution is 6.33. The van der Waals surface area contributed by atoms with Crippen molar-refractivity contribution >= 4 is 17.6 Å². The van der Waals surface area contributed by atoms with Crippen LogP contribution in [0.1, 0.15) is 21.5 Å². The van der Waals surface area contributed by atoms with E-state index < -0.39 is 5.97 Å². The third kappa shape index (κ3) is 2.24. The second-order valence-corrected chi connectivity index (χ2v) is 4.67. The SMILES string of the molecule is Cc1cc(C)c(-c2ccccc2Cl)cc1C(=O)O. The molecule has 3 heteroatoms. The number of carboxylic acid groups (broad SMARTS) is 1. The molecule has 0 saturated heterocycles. The Labute approximate surface area is 111 Å². The van der Waals surface area contributed by atoms with E-state index >= 15 is 0 Å². The van der Waals surface area contributed by atoms with Crippen LogP contribution in [0, 0.1) is 13.8 Å². The van der Waals surface area contributed by atoms with Gasteiger partial charge in [0.25, 0.3) is 0 Å². The van der Waals surface area contributed by atoms with E-state index in [1.54, 1.807) is 19.1 Å². The number of hydrogen-bond acceptors (Lipinski definition) is 1. The maximum Gasteiger partial charge on any atom is 0.335 e. The summed E-state index contributed by atoms with van der Waals surface area (Å²) in [6.45, 7) is 3.75. The molecule has 0 bridgehead atoms. The average molecular weight is 261 g/mol. The van der Waals surface area contributed by atoms with Gasteiger partial charge in [0.1, 0.15) is 0 Å². The van der Waals surface area contributed by atoms with Crippen LogP contribution in [0.25, 0.3) is 11.1 Å². The van der Waals surface area contributed by atoms with Gasteiger partial charge in [-0.1, -0.05) is 35.9 Å². The number of carbonyl (C=O) groups is 1. The van der Waals surface area contributed by atoms with E-state index in [4.69, 9.17) is 16.7 Å². The van der Waals surface area contributed by atoms with E-state index in [1.165, 1.54) is 0 Å². The van der Waals surface area contributed by atoms with Gasteiger partial charge in [0.15, 0.2) is 0 Å². The molecule has 0 heterocycles. The topological polar surface area (TPSA) is 37.3 Å². The fraction of sp³-hybridized carbons (Fsp3) is 0.133. The fourth-order valence-corrected chi connectivity index (χ4v) is 2.29. The Morgan fingerprint density at radius 3 is 2.33 bits per heavy atom. The van der Waals surface area contributed by atoms with Crippen molar-refractivity contribution in [1.82, 2.24) is 0 Å². The van der Waals surface area contributed by atoms with Gasteiger partial charge in [0, 0.05) is 10.6 Å². The third-order valence-electron chi connectivity index (χ3n) is 2.97. The molecule has 0 aliphatic heterocycles. The molecule has 0 radical (unpaired) electrons. The van der Waals surface area contributed by atoms with Crippen LogP contribution in [-0.2, 0) is 0 Å². The van der Waals surface area contributed by atoms with Crippen molar-refractivity contribution in [1.29, 1.82) is 0 Å². The van der Waals surface area contributed by atoms with Crippen LogP contribution >= 0.6 is 11.6 Å². The van der Waals surface area contributed by atoms with Gasteiger partial charge in [0.2, 0.25) is 0 Å². The highest BCUT2D eigenvalue weighted by Gasteiger charge is 2.13. The molecule has 2 rings (SSSR count). The molecule has 92 valence electrons. The molecule has 0 unspecified atom stereocenters. The average Bonchev–Trinajstić information content (AvgIpc) is 2.30. The number of hydrogen-bond donors (Lipinski definition) is 1. The number of rotatable bonds is 2. The van der Waals surface area contributed by atoms with Gasteiger partial charge in [-0.2, -0.15) is 0 Å². The lowest BCUT2D eigenvalue weighted by Crippen LogP contribution is -2.01. The maximum absolute atomic E-state index is 11.2. The summed E-state index contributed by atoms with van der Waals surface area (Å²) in [5.74, 6) is -0.916. The predicted octanol–water partition coefficient (Wildman–Crippen LogP) is 4.32. The van der Waals surface area contributed by atoms with Crippen LogP contribution in [-0.4, -0.2) is 11.1 Å². The largest absolute Gasteiger partial charge is 0.478 e. The summed E-state index contributed by atoms with van der Waals surface area (Å²) in [4.78, 5) is 11.2. The molecule has 0 saturated carbocycles. The van der Waals surface area contributed by atoms with Crippen LogP contribution in [0.4, 0.5) is 0 Å². The Hall–Kier alpha value is -1.80. The Kier molecular flexibility index (Phi) is 3.39. The lowest BCUT2D eigenvalue weighted by molar-refractivity contribution is 0.0696. The van der Waals surface area contributed by atoms with E-state index in [2.05, 4.69) is 0 Å². The molecular formula is C15H13ClO2. The molecule has 2 nitrogen and oxygen atoms in total. The minimum Gasteiger partial charge on any atom is -0.478 e. The van der Waals surface area contributed by atoms with Crippen LogP contribution < -0.4 is 0 Å². The first-order valence-corrected chi connectivity index (χ1v) is 5.98. The molecule has 0 atom stereocenters. The Balaban J connectivity index is 2.69. The number of benzene rings is 2. The summed E-state index contributed by atoms with van der Waals surface area (Å²) in [5.41, 5.74) is 3.82.